The lowest BCUT2D eigenvalue weighted by molar-refractivity contribution is 0.437. The summed E-state index contributed by atoms with van der Waals surface area (Å²) >= 11 is 5.67. The third kappa shape index (κ3) is 3.69. The Bertz CT molecular complexity index is 1230. The molecule has 0 saturated carbocycles. The summed E-state index contributed by atoms with van der Waals surface area (Å²) in [4.78, 5) is 2.03. The van der Waals surface area contributed by atoms with E-state index in [1.54, 1.807) is 4.57 Å². The second-order valence-corrected chi connectivity index (χ2v) is 7.55. The Balaban J connectivity index is 1.65. The Morgan fingerprint density at radius 2 is 1.47 bits per heavy atom. The van der Waals surface area contributed by atoms with Crippen molar-refractivity contribution in [3.05, 3.63) is 89.3 Å². The number of aromatic hydroxyl groups is 1. The molecule has 4 rings (SSSR count). The maximum Gasteiger partial charge on any atom is 0.218 e. The zero-order valence-corrected chi connectivity index (χ0v) is 17.9. The van der Waals surface area contributed by atoms with Crippen LogP contribution in [0.5, 0.6) is 17.4 Å². The minimum Gasteiger partial charge on any atom is -0.493 e. The zero-order chi connectivity index (χ0) is 21.3. The van der Waals surface area contributed by atoms with Crippen LogP contribution in [0.1, 0.15) is 5.69 Å². The maximum absolute atomic E-state index is 10.7. The number of hydrogen-bond acceptors (Lipinski definition) is 4. The maximum atomic E-state index is 10.7. The van der Waals surface area contributed by atoms with Gasteiger partial charge in [-0.05, 0) is 67.7 Å². The molecule has 1 heterocycles. The molecule has 1 N–H and O–H groups in total. The lowest BCUT2D eigenvalue weighted by Gasteiger charge is -2.14. The second-order valence-electron chi connectivity index (χ2n) is 7.19. The molecule has 6 heteroatoms. The molecular formula is C24H23N3O2S. The average molecular weight is 418 g/mol. The number of para-hydroxylation sites is 1. The van der Waals surface area contributed by atoms with Crippen LogP contribution >= 0.6 is 12.2 Å². The smallest absolute Gasteiger partial charge is 0.218 e. The van der Waals surface area contributed by atoms with Gasteiger partial charge in [-0.1, -0.05) is 24.3 Å². The standard InChI is InChI=1S/C24H23N3O2S/c1-17-23(28)27(18-8-5-4-6-9-18)24(30)26(17)19-12-14-21(15-13-19)29-22-11-7-10-20(16-22)25(2)3/h4-16,28H,1-3H3. The molecule has 0 aliphatic carbocycles. The summed E-state index contributed by atoms with van der Waals surface area (Å²) < 4.78 is 10.0. The molecular weight excluding hydrogens is 394 g/mol. The van der Waals surface area contributed by atoms with Gasteiger partial charge in [-0.3, -0.25) is 9.13 Å². The minimum absolute atomic E-state index is 0.132. The van der Waals surface area contributed by atoms with E-state index >= 15 is 0 Å². The van der Waals surface area contributed by atoms with E-state index in [2.05, 4.69) is 0 Å². The second kappa shape index (κ2) is 8.08. The van der Waals surface area contributed by atoms with Crippen LogP contribution in [0.15, 0.2) is 78.9 Å². The topological polar surface area (TPSA) is 42.6 Å². The third-order valence-electron chi connectivity index (χ3n) is 4.93. The molecule has 0 bridgehead atoms. The predicted octanol–water partition coefficient (Wildman–Crippen LogP) is 5.87. The van der Waals surface area contributed by atoms with Crippen LogP contribution in [0.4, 0.5) is 5.69 Å². The van der Waals surface area contributed by atoms with Crippen molar-refractivity contribution in [3.63, 3.8) is 0 Å². The number of benzene rings is 3. The Kier molecular flexibility index (Phi) is 5.33. The summed E-state index contributed by atoms with van der Waals surface area (Å²) in [5, 5.41) is 10.7. The fraction of sp³-hybridized carbons (Fsp3) is 0.125. The number of aromatic nitrogens is 2. The van der Waals surface area contributed by atoms with Crippen molar-refractivity contribution < 1.29 is 9.84 Å². The zero-order valence-electron chi connectivity index (χ0n) is 17.1. The van der Waals surface area contributed by atoms with Gasteiger partial charge < -0.3 is 14.7 Å². The van der Waals surface area contributed by atoms with Crippen molar-refractivity contribution >= 4 is 17.9 Å². The number of hydrogen-bond donors (Lipinski definition) is 1. The molecule has 0 radical (unpaired) electrons. The van der Waals surface area contributed by atoms with Gasteiger partial charge in [0.1, 0.15) is 11.5 Å². The summed E-state index contributed by atoms with van der Waals surface area (Å²) in [5.41, 5.74) is 3.43. The molecule has 0 aliphatic heterocycles. The highest BCUT2D eigenvalue weighted by Crippen LogP contribution is 2.30. The van der Waals surface area contributed by atoms with E-state index in [0.29, 0.717) is 10.5 Å². The number of rotatable bonds is 5. The van der Waals surface area contributed by atoms with Crippen molar-refractivity contribution in [1.29, 1.82) is 0 Å². The largest absolute Gasteiger partial charge is 0.493 e. The summed E-state index contributed by atoms with van der Waals surface area (Å²) in [6.45, 7) is 1.85. The highest BCUT2D eigenvalue weighted by molar-refractivity contribution is 7.71. The highest BCUT2D eigenvalue weighted by Gasteiger charge is 2.16. The van der Waals surface area contributed by atoms with E-state index in [0.717, 1.165) is 28.6 Å². The summed E-state index contributed by atoms with van der Waals surface area (Å²) in [6, 6.07) is 25.2. The molecule has 0 amide bonds. The Hall–Kier alpha value is -3.51. The molecule has 0 unspecified atom stereocenters. The van der Waals surface area contributed by atoms with Gasteiger partial charge in [0.2, 0.25) is 5.88 Å². The van der Waals surface area contributed by atoms with Gasteiger partial charge in [-0.2, -0.15) is 0 Å². The van der Waals surface area contributed by atoms with Gasteiger partial charge in [0.05, 0.1) is 11.4 Å². The highest BCUT2D eigenvalue weighted by atomic mass is 32.1. The molecule has 0 spiro atoms. The van der Waals surface area contributed by atoms with Crippen molar-refractivity contribution in [2.24, 2.45) is 0 Å². The van der Waals surface area contributed by atoms with Crippen molar-refractivity contribution in [3.8, 4) is 28.8 Å². The molecule has 30 heavy (non-hydrogen) atoms. The fourth-order valence-electron chi connectivity index (χ4n) is 3.33. The van der Waals surface area contributed by atoms with Crippen LogP contribution in [-0.2, 0) is 0 Å². The van der Waals surface area contributed by atoms with Crippen molar-refractivity contribution in [1.82, 2.24) is 9.13 Å². The summed E-state index contributed by atoms with van der Waals surface area (Å²) in [6.07, 6.45) is 0. The molecule has 5 nitrogen and oxygen atoms in total. The number of imidazole rings is 1. The SMILES string of the molecule is Cc1c(O)n(-c2ccccc2)c(=S)n1-c1ccc(Oc2cccc(N(C)C)c2)cc1. The first-order chi connectivity index (χ1) is 14.5. The van der Waals surface area contributed by atoms with E-state index in [-0.39, 0.29) is 5.88 Å². The summed E-state index contributed by atoms with van der Waals surface area (Å²) in [7, 11) is 3.99. The van der Waals surface area contributed by atoms with Crippen LogP contribution in [0.2, 0.25) is 0 Å². The quantitative estimate of drug-likeness (QED) is 0.413. The number of nitrogens with zero attached hydrogens (tertiary/aromatic N) is 3. The molecule has 4 aromatic rings. The molecule has 0 aliphatic rings. The average Bonchev–Trinajstić information content (AvgIpc) is 2.98. The van der Waals surface area contributed by atoms with Crippen LogP contribution in [0.25, 0.3) is 11.4 Å². The first-order valence-electron chi connectivity index (χ1n) is 9.60. The normalized spacial score (nSPS) is 10.8. The van der Waals surface area contributed by atoms with Crippen LogP contribution in [0, 0.1) is 11.7 Å². The molecule has 1 aromatic heterocycles. The van der Waals surface area contributed by atoms with Gasteiger partial charge in [0, 0.05) is 31.5 Å². The van der Waals surface area contributed by atoms with E-state index < -0.39 is 0 Å². The lowest BCUT2D eigenvalue weighted by atomic mass is 10.2. The van der Waals surface area contributed by atoms with E-state index in [9.17, 15) is 5.11 Å². The van der Waals surface area contributed by atoms with Gasteiger partial charge in [0.25, 0.3) is 0 Å². The molecule has 0 atom stereocenters. The van der Waals surface area contributed by atoms with E-state index in [4.69, 9.17) is 17.0 Å². The van der Waals surface area contributed by atoms with Crippen molar-refractivity contribution in [2.45, 2.75) is 6.92 Å². The lowest BCUT2D eigenvalue weighted by Crippen LogP contribution is -2.08. The third-order valence-corrected chi connectivity index (χ3v) is 5.30. The van der Waals surface area contributed by atoms with Crippen LogP contribution in [-0.4, -0.2) is 28.3 Å². The predicted molar refractivity (Wildman–Crippen MR) is 123 cm³/mol. The Morgan fingerprint density at radius 3 is 2.13 bits per heavy atom. The molecule has 0 saturated heterocycles. The summed E-state index contributed by atoms with van der Waals surface area (Å²) in [5.74, 6) is 1.63. The monoisotopic (exact) mass is 417 g/mol. The van der Waals surface area contributed by atoms with E-state index in [1.807, 2.05) is 109 Å². The first kappa shape index (κ1) is 19.8. The molecule has 152 valence electrons. The van der Waals surface area contributed by atoms with E-state index in [1.165, 1.54) is 0 Å². The fourth-order valence-corrected chi connectivity index (χ4v) is 3.77. The number of ether oxygens (including phenoxy) is 1. The van der Waals surface area contributed by atoms with Gasteiger partial charge in [-0.25, -0.2) is 0 Å². The Labute approximate surface area is 181 Å². The minimum atomic E-state index is 0.132. The van der Waals surface area contributed by atoms with Gasteiger partial charge >= 0.3 is 0 Å². The van der Waals surface area contributed by atoms with Gasteiger partial charge in [-0.15, -0.1) is 0 Å². The Morgan fingerprint density at radius 1 is 0.800 bits per heavy atom. The molecule has 0 fully saturated rings. The van der Waals surface area contributed by atoms with Gasteiger partial charge in [0.15, 0.2) is 4.77 Å². The van der Waals surface area contributed by atoms with Crippen molar-refractivity contribution in [2.75, 3.05) is 19.0 Å². The van der Waals surface area contributed by atoms with Crippen LogP contribution in [0.3, 0.4) is 0 Å². The van der Waals surface area contributed by atoms with Crippen LogP contribution < -0.4 is 9.64 Å². The first-order valence-corrected chi connectivity index (χ1v) is 10.0. The molecule has 3 aromatic carbocycles. The number of anilines is 1.